The van der Waals surface area contributed by atoms with Gasteiger partial charge in [-0.05, 0) is 55.0 Å². The minimum absolute atomic E-state index is 0.0272. The van der Waals surface area contributed by atoms with E-state index in [9.17, 15) is 14.0 Å². The predicted molar refractivity (Wildman–Crippen MR) is 120 cm³/mol. The van der Waals surface area contributed by atoms with Crippen LogP contribution in [0.5, 0.6) is 5.75 Å². The van der Waals surface area contributed by atoms with Crippen molar-refractivity contribution in [2.45, 2.75) is 13.5 Å². The number of ether oxygens (including phenoxy) is 1. The summed E-state index contributed by atoms with van der Waals surface area (Å²) in [6.07, 6.45) is 1.52. The number of hydrogen-bond acceptors (Lipinski definition) is 4. The van der Waals surface area contributed by atoms with E-state index >= 15 is 0 Å². The highest BCUT2D eigenvalue weighted by Crippen LogP contribution is 2.21. The molecule has 0 saturated heterocycles. The fourth-order valence-corrected chi connectivity index (χ4v) is 3.89. The molecule has 2 aromatic heterocycles. The highest BCUT2D eigenvalue weighted by molar-refractivity contribution is 9.10. The van der Waals surface area contributed by atoms with Gasteiger partial charge in [0.1, 0.15) is 5.52 Å². The van der Waals surface area contributed by atoms with Crippen molar-refractivity contribution in [2.24, 2.45) is 0 Å². The number of halogens is 2. The van der Waals surface area contributed by atoms with Crippen LogP contribution in [-0.4, -0.2) is 22.4 Å². The third kappa shape index (κ3) is 4.14. The number of methoxy groups -OCH3 is 1. The van der Waals surface area contributed by atoms with Crippen LogP contribution in [-0.2, 0) is 6.54 Å². The second-order valence-electron chi connectivity index (χ2n) is 7.13. The van der Waals surface area contributed by atoms with Gasteiger partial charge in [-0.2, -0.15) is 0 Å². The number of nitrogens with zero attached hydrogens (tertiary/aromatic N) is 2. The van der Waals surface area contributed by atoms with Crippen LogP contribution in [0.1, 0.15) is 27.2 Å². The number of pyridine rings is 2. The van der Waals surface area contributed by atoms with E-state index < -0.39 is 17.0 Å². The van der Waals surface area contributed by atoms with Gasteiger partial charge in [0, 0.05) is 28.5 Å². The second kappa shape index (κ2) is 8.43. The summed E-state index contributed by atoms with van der Waals surface area (Å²) in [4.78, 5) is 30.7. The Morgan fingerprint density at radius 2 is 1.97 bits per heavy atom. The molecule has 5 nitrogen and oxygen atoms in total. The average Bonchev–Trinajstić information content (AvgIpc) is 2.75. The Labute approximate surface area is 186 Å². The molecule has 0 amide bonds. The number of aryl methyl sites for hydroxylation is 1. The van der Waals surface area contributed by atoms with Gasteiger partial charge in [0.05, 0.1) is 18.2 Å². The zero-order valence-corrected chi connectivity index (χ0v) is 18.4. The third-order valence-corrected chi connectivity index (χ3v) is 5.46. The predicted octanol–water partition coefficient (Wildman–Crippen LogP) is 4.89. The van der Waals surface area contributed by atoms with Gasteiger partial charge in [-0.1, -0.05) is 28.1 Å². The Balaban J connectivity index is 1.89. The van der Waals surface area contributed by atoms with Crippen molar-refractivity contribution < 1.29 is 13.9 Å². The highest BCUT2D eigenvalue weighted by Gasteiger charge is 2.19. The van der Waals surface area contributed by atoms with E-state index in [0.717, 1.165) is 16.1 Å². The number of ketones is 1. The molecule has 0 spiro atoms. The zero-order valence-electron chi connectivity index (χ0n) is 16.9. The molecule has 156 valence electrons. The first-order chi connectivity index (χ1) is 14.9. The smallest absolute Gasteiger partial charge is 0.218 e. The summed E-state index contributed by atoms with van der Waals surface area (Å²) in [7, 11) is 1.35. The first kappa shape index (κ1) is 20.9. The van der Waals surface area contributed by atoms with Gasteiger partial charge < -0.3 is 9.30 Å². The lowest BCUT2D eigenvalue weighted by Crippen LogP contribution is -2.21. The third-order valence-electron chi connectivity index (χ3n) is 4.97. The lowest BCUT2D eigenvalue weighted by molar-refractivity contribution is 0.103. The monoisotopic (exact) mass is 480 g/mol. The van der Waals surface area contributed by atoms with Crippen LogP contribution in [0.15, 0.2) is 70.1 Å². The molecule has 0 bridgehead atoms. The minimum Gasteiger partial charge on any atom is -0.494 e. The van der Waals surface area contributed by atoms with Crippen molar-refractivity contribution in [3.63, 3.8) is 0 Å². The first-order valence-electron chi connectivity index (χ1n) is 9.51. The van der Waals surface area contributed by atoms with Crippen molar-refractivity contribution in [3.8, 4) is 5.75 Å². The summed E-state index contributed by atoms with van der Waals surface area (Å²) in [5.41, 5.74) is 1.99. The normalized spacial score (nSPS) is 11.0. The van der Waals surface area contributed by atoms with Gasteiger partial charge in [-0.25, -0.2) is 9.37 Å². The number of carbonyl (C=O) groups is 1. The molecule has 4 rings (SSSR count). The molecular weight excluding hydrogens is 463 g/mol. The molecule has 0 atom stereocenters. The molecule has 0 fully saturated rings. The van der Waals surface area contributed by atoms with Gasteiger partial charge in [0.2, 0.25) is 5.43 Å². The Kier molecular flexibility index (Phi) is 5.69. The van der Waals surface area contributed by atoms with E-state index in [1.165, 1.54) is 25.4 Å². The number of fused-ring (bicyclic) bond motifs is 1. The maximum Gasteiger partial charge on any atom is 0.218 e. The Morgan fingerprint density at radius 3 is 2.68 bits per heavy atom. The highest BCUT2D eigenvalue weighted by atomic mass is 79.9. The zero-order chi connectivity index (χ0) is 22.1. The van der Waals surface area contributed by atoms with E-state index in [2.05, 4.69) is 20.9 Å². The summed E-state index contributed by atoms with van der Waals surface area (Å²) >= 11 is 3.46. The van der Waals surface area contributed by atoms with Crippen LogP contribution in [0.25, 0.3) is 11.0 Å². The summed E-state index contributed by atoms with van der Waals surface area (Å²) < 4.78 is 21.8. The second-order valence-corrected chi connectivity index (χ2v) is 8.04. The van der Waals surface area contributed by atoms with Crippen LogP contribution in [0.3, 0.4) is 0 Å². The molecule has 0 aliphatic heterocycles. The average molecular weight is 481 g/mol. The van der Waals surface area contributed by atoms with E-state index in [1.807, 2.05) is 41.0 Å². The SMILES string of the molecule is COc1ccc(C(=O)c2cn(Cc3cccc(Br)c3)c3ccc(C)nc3c2=O)cc1F. The van der Waals surface area contributed by atoms with Crippen molar-refractivity contribution in [3.05, 3.63) is 104 Å². The van der Waals surface area contributed by atoms with E-state index in [0.29, 0.717) is 17.8 Å². The fraction of sp³-hybridized carbons (Fsp3) is 0.125. The van der Waals surface area contributed by atoms with Crippen LogP contribution in [0.4, 0.5) is 4.39 Å². The van der Waals surface area contributed by atoms with E-state index in [-0.39, 0.29) is 22.4 Å². The molecule has 2 heterocycles. The summed E-state index contributed by atoms with van der Waals surface area (Å²) in [6, 6.07) is 15.3. The largest absolute Gasteiger partial charge is 0.494 e. The minimum atomic E-state index is -0.669. The van der Waals surface area contributed by atoms with Gasteiger partial charge in [-0.15, -0.1) is 0 Å². The molecule has 2 aromatic carbocycles. The van der Waals surface area contributed by atoms with Gasteiger partial charge in [0.25, 0.3) is 0 Å². The fourth-order valence-electron chi connectivity index (χ4n) is 3.45. The molecule has 7 heteroatoms. The summed E-state index contributed by atoms with van der Waals surface area (Å²) in [6.45, 7) is 2.21. The maximum absolute atomic E-state index is 14.2. The lowest BCUT2D eigenvalue weighted by atomic mass is 10.0. The number of hydrogen-bond donors (Lipinski definition) is 0. The summed E-state index contributed by atoms with van der Waals surface area (Å²) in [5, 5.41) is 0. The van der Waals surface area contributed by atoms with Crippen LogP contribution in [0.2, 0.25) is 0 Å². The van der Waals surface area contributed by atoms with E-state index in [1.54, 1.807) is 6.92 Å². The summed E-state index contributed by atoms with van der Waals surface area (Å²) in [5.74, 6) is -1.21. The Morgan fingerprint density at radius 1 is 1.16 bits per heavy atom. The van der Waals surface area contributed by atoms with Gasteiger partial charge >= 0.3 is 0 Å². The number of aromatic nitrogens is 2. The van der Waals surface area contributed by atoms with Gasteiger partial charge in [-0.3, -0.25) is 9.59 Å². The number of benzene rings is 2. The molecule has 31 heavy (non-hydrogen) atoms. The molecule has 0 aliphatic rings. The number of carbonyl (C=O) groups excluding carboxylic acids is 1. The van der Waals surface area contributed by atoms with Crippen LogP contribution >= 0.6 is 15.9 Å². The molecule has 0 radical (unpaired) electrons. The van der Waals surface area contributed by atoms with Crippen molar-refractivity contribution in [1.82, 2.24) is 9.55 Å². The van der Waals surface area contributed by atoms with Gasteiger partial charge in [0.15, 0.2) is 17.3 Å². The molecule has 0 N–H and O–H groups in total. The van der Waals surface area contributed by atoms with Crippen molar-refractivity contribution in [1.29, 1.82) is 0 Å². The van der Waals surface area contributed by atoms with Crippen molar-refractivity contribution in [2.75, 3.05) is 7.11 Å². The molecular formula is C24H18BrFN2O3. The van der Waals surface area contributed by atoms with Crippen LogP contribution < -0.4 is 10.2 Å². The topological polar surface area (TPSA) is 61.2 Å². The molecule has 0 aliphatic carbocycles. The lowest BCUT2D eigenvalue weighted by Gasteiger charge is -2.14. The van der Waals surface area contributed by atoms with Crippen molar-refractivity contribution >= 4 is 32.7 Å². The molecule has 0 saturated carbocycles. The maximum atomic E-state index is 14.2. The molecule has 4 aromatic rings. The Hall–Kier alpha value is -3.32. The number of rotatable bonds is 5. The van der Waals surface area contributed by atoms with E-state index in [4.69, 9.17) is 4.74 Å². The quantitative estimate of drug-likeness (QED) is 0.381. The van der Waals surface area contributed by atoms with Crippen LogP contribution in [0, 0.1) is 12.7 Å². The first-order valence-corrected chi connectivity index (χ1v) is 10.3. The Bertz CT molecular complexity index is 1380. The molecule has 0 unspecified atom stereocenters. The standard InChI is InChI=1S/C24H18BrFN2O3/c1-14-6-8-20-22(27-14)24(30)18(13-28(20)12-15-4-3-5-17(25)10-15)23(29)16-7-9-21(31-2)19(26)11-16/h3-11,13H,12H2,1-2H3.